The van der Waals surface area contributed by atoms with Crippen molar-refractivity contribution in [1.29, 1.82) is 0 Å². The van der Waals surface area contributed by atoms with Crippen LogP contribution in [0, 0.1) is 5.92 Å². The zero-order valence-corrected chi connectivity index (χ0v) is 12.7. The number of likely N-dealkylation sites (tertiary alicyclic amines) is 1. The molecule has 110 valence electrons. The SMILES string of the molecule is CC1CN(C)CCC1N(C)CC(=O)Nc1ccccc1. The third-order valence-corrected chi connectivity index (χ3v) is 4.08. The lowest BCUT2D eigenvalue weighted by atomic mass is 9.93. The summed E-state index contributed by atoms with van der Waals surface area (Å²) >= 11 is 0. The molecule has 1 saturated heterocycles. The molecule has 0 saturated carbocycles. The van der Waals surface area contributed by atoms with Gasteiger partial charge in [-0.1, -0.05) is 25.1 Å². The first-order chi connectivity index (χ1) is 9.56. The number of piperidine rings is 1. The predicted molar refractivity (Wildman–Crippen MR) is 82.8 cm³/mol. The Hall–Kier alpha value is -1.39. The molecular weight excluding hydrogens is 250 g/mol. The zero-order valence-electron chi connectivity index (χ0n) is 12.7. The number of hydrogen-bond acceptors (Lipinski definition) is 3. The van der Waals surface area contributed by atoms with E-state index in [4.69, 9.17) is 0 Å². The van der Waals surface area contributed by atoms with Crippen LogP contribution in [0.2, 0.25) is 0 Å². The summed E-state index contributed by atoms with van der Waals surface area (Å²) in [6, 6.07) is 10.1. The molecule has 2 atom stereocenters. The molecule has 1 aromatic rings. The molecule has 4 nitrogen and oxygen atoms in total. The highest BCUT2D eigenvalue weighted by molar-refractivity contribution is 5.92. The van der Waals surface area contributed by atoms with E-state index < -0.39 is 0 Å². The minimum atomic E-state index is 0.0600. The second kappa shape index (κ2) is 6.86. The fraction of sp³-hybridized carbons (Fsp3) is 0.562. The van der Waals surface area contributed by atoms with Gasteiger partial charge in [-0.25, -0.2) is 0 Å². The second-order valence-corrected chi connectivity index (χ2v) is 5.92. The van der Waals surface area contributed by atoms with Crippen molar-refractivity contribution in [1.82, 2.24) is 9.80 Å². The molecule has 1 aliphatic rings. The lowest BCUT2D eigenvalue weighted by Gasteiger charge is -2.39. The topological polar surface area (TPSA) is 35.6 Å². The van der Waals surface area contributed by atoms with Gasteiger partial charge in [0.15, 0.2) is 0 Å². The number of likely N-dealkylation sites (N-methyl/N-ethyl adjacent to an activating group) is 1. The van der Waals surface area contributed by atoms with Gasteiger partial charge >= 0.3 is 0 Å². The van der Waals surface area contributed by atoms with Crippen LogP contribution < -0.4 is 5.32 Å². The summed E-state index contributed by atoms with van der Waals surface area (Å²) in [7, 11) is 4.21. The maximum absolute atomic E-state index is 12.1. The van der Waals surface area contributed by atoms with Crippen LogP contribution in [0.4, 0.5) is 5.69 Å². The molecule has 0 bridgehead atoms. The third kappa shape index (κ3) is 4.05. The highest BCUT2D eigenvalue weighted by Crippen LogP contribution is 2.20. The number of amides is 1. The predicted octanol–water partition coefficient (Wildman–Crippen LogP) is 1.90. The molecule has 0 aromatic heterocycles. The van der Waals surface area contributed by atoms with Gasteiger partial charge in [0.05, 0.1) is 6.54 Å². The summed E-state index contributed by atoms with van der Waals surface area (Å²) in [6.07, 6.45) is 1.13. The molecule has 1 aliphatic heterocycles. The van der Waals surface area contributed by atoms with E-state index in [9.17, 15) is 4.79 Å². The van der Waals surface area contributed by atoms with Crippen LogP contribution in [0.25, 0.3) is 0 Å². The van der Waals surface area contributed by atoms with E-state index in [0.29, 0.717) is 18.5 Å². The van der Waals surface area contributed by atoms with Crippen LogP contribution in [0.5, 0.6) is 0 Å². The summed E-state index contributed by atoms with van der Waals surface area (Å²) in [5.41, 5.74) is 0.863. The molecule has 2 unspecified atom stereocenters. The van der Waals surface area contributed by atoms with E-state index in [1.165, 1.54) is 0 Å². The molecule has 0 radical (unpaired) electrons. The highest BCUT2D eigenvalue weighted by Gasteiger charge is 2.28. The van der Waals surface area contributed by atoms with Crippen LogP contribution >= 0.6 is 0 Å². The van der Waals surface area contributed by atoms with Gasteiger partial charge in [-0.05, 0) is 45.1 Å². The molecule has 20 heavy (non-hydrogen) atoms. The van der Waals surface area contributed by atoms with E-state index in [1.54, 1.807) is 0 Å². The molecule has 2 rings (SSSR count). The fourth-order valence-corrected chi connectivity index (χ4v) is 3.06. The Morgan fingerprint density at radius 3 is 2.75 bits per heavy atom. The minimum Gasteiger partial charge on any atom is -0.325 e. The molecule has 1 heterocycles. The first-order valence-electron chi connectivity index (χ1n) is 7.30. The fourth-order valence-electron chi connectivity index (χ4n) is 3.06. The molecule has 1 fully saturated rings. The number of nitrogens with one attached hydrogen (secondary N) is 1. The van der Waals surface area contributed by atoms with Gasteiger partial charge in [-0.15, -0.1) is 0 Å². The van der Waals surface area contributed by atoms with Crippen molar-refractivity contribution in [2.45, 2.75) is 19.4 Å². The van der Waals surface area contributed by atoms with E-state index in [-0.39, 0.29) is 5.91 Å². The van der Waals surface area contributed by atoms with Gasteiger partial charge in [0.1, 0.15) is 0 Å². The van der Waals surface area contributed by atoms with Crippen molar-refractivity contribution in [3.05, 3.63) is 30.3 Å². The minimum absolute atomic E-state index is 0.0600. The van der Waals surface area contributed by atoms with E-state index in [2.05, 4.69) is 36.1 Å². The molecule has 0 spiro atoms. The van der Waals surface area contributed by atoms with Crippen molar-refractivity contribution in [2.24, 2.45) is 5.92 Å². The molecular formula is C16H25N3O. The Kier molecular flexibility index (Phi) is 5.15. The van der Waals surface area contributed by atoms with Gasteiger partial charge in [0.2, 0.25) is 5.91 Å². The molecule has 1 amide bonds. The third-order valence-electron chi connectivity index (χ3n) is 4.08. The summed E-state index contributed by atoms with van der Waals surface area (Å²) in [5, 5.41) is 2.94. The molecule has 4 heteroatoms. The van der Waals surface area contributed by atoms with Gasteiger partial charge in [0.25, 0.3) is 0 Å². The number of benzene rings is 1. The summed E-state index contributed by atoms with van der Waals surface area (Å²) in [5.74, 6) is 0.660. The number of carbonyl (C=O) groups excluding carboxylic acids is 1. The number of hydrogen-bond donors (Lipinski definition) is 1. The van der Waals surface area contributed by atoms with Gasteiger partial charge in [-0.3, -0.25) is 9.69 Å². The monoisotopic (exact) mass is 275 g/mol. The quantitative estimate of drug-likeness (QED) is 0.911. The van der Waals surface area contributed by atoms with Crippen molar-refractivity contribution in [3.63, 3.8) is 0 Å². The van der Waals surface area contributed by atoms with E-state index in [1.807, 2.05) is 30.3 Å². The Bertz CT molecular complexity index is 435. The maximum atomic E-state index is 12.1. The van der Waals surface area contributed by atoms with Gasteiger partial charge in [0, 0.05) is 18.3 Å². The Labute approximate surface area is 121 Å². The Balaban J connectivity index is 1.84. The first-order valence-corrected chi connectivity index (χ1v) is 7.30. The normalized spacial score (nSPS) is 23.8. The summed E-state index contributed by atoms with van der Waals surface area (Å²) in [4.78, 5) is 16.6. The van der Waals surface area contributed by atoms with Crippen molar-refractivity contribution in [3.8, 4) is 0 Å². The first kappa shape index (κ1) is 15.0. The molecule has 0 aliphatic carbocycles. The largest absolute Gasteiger partial charge is 0.325 e. The Morgan fingerprint density at radius 2 is 2.10 bits per heavy atom. The number of anilines is 1. The smallest absolute Gasteiger partial charge is 0.238 e. The van der Waals surface area contributed by atoms with Crippen molar-refractivity contribution in [2.75, 3.05) is 39.0 Å². The zero-order chi connectivity index (χ0) is 14.5. The van der Waals surface area contributed by atoms with Crippen LogP contribution in [-0.2, 0) is 4.79 Å². The average Bonchev–Trinajstić information content (AvgIpc) is 2.39. The van der Waals surface area contributed by atoms with Gasteiger partial charge in [-0.2, -0.15) is 0 Å². The molecule has 1 N–H and O–H groups in total. The van der Waals surface area contributed by atoms with Crippen molar-refractivity contribution < 1.29 is 4.79 Å². The number of para-hydroxylation sites is 1. The second-order valence-electron chi connectivity index (χ2n) is 5.92. The Morgan fingerprint density at radius 1 is 1.40 bits per heavy atom. The van der Waals surface area contributed by atoms with Crippen LogP contribution in [-0.4, -0.2) is 55.5 Å². The lowest BCUT2D eigenvalue weighted by Crippen LogP contribution is -2.49. The molecule has 1 aromatic carbocycles. The summed E-state index contributed by atoms with van der Waals surface area (Å²) < 4.78 is 0. The van der Waals surface area contributed by atoms with Crippen LogP contribution in [0.3, 0.4) is 0 Å². The number of rotatable bonds is 4. The maximum Gasteiger partial charge on any atom is 0.238 e. The standard InChI is InChI=1S/C16H25N3O/c1-13-11-18(2)10-9-15(13)19(3)12-16(20)17-14-7-5-4-6-8-14/h4-8,13,15H,9-12H2,1-3H3,(H,17,20). The van der Waals surface area contributed by atoms with E-state index in [0.717, 1.165) is 25.2 Å². The number of nitrogens with zero attached hydrogens (tertiary/aromatic N) is 2. The van der Waals surface area contributed by atoms with Crippen molar-refractivity contribution >= 4 is 11.6 Å². The number of carbonyl (C=O) groups is 1. The van der Waals surface area contributed by atoms with Crippen LogP contribution in [0.15, 0.2) is 30.3 Å². The average molecular weight is 275 g/mol. The van der Waals surface area contributed by atoms with Gasteiger partial charge < -0.3 is 10.2 Å². The summed E-state index contributed by atoms with van der Waals surface area (Å²) in [6.45, 7) is 4.94. The highest BCUT2D eigenvalue weighted by atomic mass is 16.2. The lowest BCUT2D eigenvalue weighted by molar-refractivity contribution is -0.118. The van der Waals surface area contributed by atoms with Crippen LogP contribution in [0.1, 0.15) is 13.3 Å². The van der Waals surface area contributed by atoms with E-state index >= 15 is 0 Å².